The van der Waals surface area contributed by atoms with Crippen molar-refractivity contribution in [3.05, 3.63) is 0 Å². The van der Waals surface area contributed by atoms with Crippen molar-refractivity contribution in [1.82, 2.24) is 0 Å². The second-order valence-electron chi connectivity index (χ2n) is 14.0. The van der Waals surface area contributed by atoms with Gasteiger partial charge in [0, 0.05) is 26.7 Å². The summed E-state index contributed by atoms with van der Waals surface area (Å²) < 4.78 is 25.2. The highest BCUT2D eigenvalue weighted by Gasteiger charge is 2.54. The molecule has 192 valence electrons. The molecule has 1 heterocycles. The first kappa shape index (κ1) is 27.4. The predicted molar refractivity (Wildman–Crippen MR) is 139 cm³/mol. The Kier molecular flexibility index (Phi) is 8.32. The summed E-state index contributed by atoms with van der Waals surface area (Å²) in [4.78, 5) is 12.3. The Morgan fingerprint density at radius 1 is 1.06 bits per heavy atom. The van der Waals surface area contributed by atoms with Crippen molar-refractivity contribution < 1.29 is 23.4 Å². The molecule has 1 aliphatic heterocycles. The Morgan fingerprint density at radius 2 is 1.73 bits per heavy atom. The third kappa shape index (κ3) is 6.72. The molecule has 0 amide bonds. The highest BCUT2D eigenvalue weighted by molar-refractivity contribution is 6.76. The summed E-state index contributed by atoms with van der Waals surface area (Å²) in [7, 11) is -2.96. The third-order valence-corrected chi connectivity index (χ3v) is 15.1. The Balaban J connectivity index is 1.72. The molecule has 3 aliphatic rings. The fourth-order valence-electron chi connectivity index (χ4n) is 5.68. The number of carbonyl (C=O) groups is 1. The number of ether oxygens (including phenoxy) is 3. The molecular weight excluding hydrogens is 448 g/mol. The fourth-order valence-corrected chi connectivity index (χ4v) is 7.86. The van der Waals surface area contributed by atoms with Crippen LogP contribution in [0.4, 0.5) is 0 Å². The number of rotatable bonds is 8. The van der Waals surface area contributed by atoms with Gasteiger partial charge in [-0.15, -0.1) is 0 Å². The number of carbonyl (C=O) groups excluding carboxylic acids is 1. The molecule has 3 fully saturated rings. The molecule has 0 radical (unpaired) electrons. The summed E-state index contributed by atoms with van der Waals surface area (Å²) in [5, 5.41) is 0.213. The van der Waals surface area contributed by atoms with E-state index in [1.165, 1.54) is 0 Å². The van der Waals surface area contributed by atoms with Crippen LogP contribution in [0.15, 0.2) is 0 Å². The summed E-state index contributed by atoms with van der Waals surface area (Å²) in [6, 6.07) is 1.13. The van der Waals surface area contributed by atoms with Crippen molar-refractivity contribution in [2.75, 3.05) is 13.4 Å². The molecule has 33 heavy (non-hydrogen) atoms. The number of esters is 1. The summed E-state index contributed by atoms with van der Waals surface area (Å²) in [6.45, 7) is 22.2. The molecule has 0 N–H and O–H groups in total. The zero-order valence-corrected chi connectivity index (χ0v) is 24.8. The largest absolute Gasteiger partial charge is 0.459 e. The molecule has 2 aliphatic carbocycles. The van der Waals surface area contributed by atoms with Gasteiger partial charge in [-0.25, -0.2) is 0 Å². The number of hydrogen-bond acceptors (Lipinski definition) is 5. The maximum atomic E-state index is 12.3. The highest BCUT2D eigenvalue weighted by Crippen LogP contribution is 2.52. The first-order valence-electron chi connectivity index (χ1n) is 13.2. The van der Waals surface area contributed by atoms with Gasteiger partial charge in [0.05, 0.1) is 6.42 Å². The number of fused-ring (bicyclic) bond motifs is 3. The van der Waals surface area contributed by atoms with Crippen LogP contribution in [0, 0.1) is 17.3 Å². The zero-order valence-electron chi connectivity index (χ0n) is 22.8. The predicted octanol–water partition coefficient (Wildman–Crippen LogP) is 6.61. The smallest absolute Gasteiger partial charge is 0.306 e. The SMILES string of the molecule is CC(C)(C)[Si](C)(C)O[C@@H]1CC[C@]2(C)C[C@H]1CC[C@H]1CC(=O)O[C@H]1[C@@H]2OCOCC[Si](C)(C)C. The lowest BCUT2D eigenvalue weighted by Gasteiger charge is -2.52. The van der Waals surface area contributed by atoms with Gasteiger partial charge in [0.15, 0.2) is 8.32 Å². The molecule has 0 aromatic heterocycles. The average molecular weight is 499 g/mol. The van der Waals surface area contributed by atoms with Crippen molar-refractivity contribution in [3.63, 3.8) is 0 Å². The van der Waals surface area contributed by atoms with E-state index in [1.807, 2.05) is 0 Å². The molecular formula is C26H50O5Si2. The van der Waals surface area contributed by atoms with Crippen LogP contribution >= 0.6 is 0 Å². The maximum absolute atomic E-state index is 12.3. The Morgan fingerprint density at radius 3 is 2.36 bits per heavy atom. The van der Waals surface area contributed by atoms with Gasteiger partial charge in [-0.3, -0.25) is 4.79 Å². The van der Waals surface area contributed by atoms with E-state index in [4.69, 9.17) is 18.6 Å². The minimum atomic E-state index is -1.83. The van der Waals surface area contributed by atoms with Crippen LogP contribution in [-0.2, 0) is 23.4 Å². The van der Waals surface area contributed by atoms with Gasteiger partial charge in [-0.2, -0.15) is 0 Å². The summed E-state index contributed by atoms with van der Waals surface area (Å²) in [5.74, 6) is 0.707. The van der Waals surface area contributed by atoms with Gasteiger partial charge < -0.3 is 18.6 Å². The Labute approximate surface area is 204 Å². The molecule has 3 rings (SSSR count). The molecule has 0 aromatic carbocycles. The van der Waals surface area contributed by atoms with Crippen molar-refractivity contribution in [2.45, 2.75) is 128 Å². The Bertz CT molecular complexity index is 683. The fraction of sp³-hybridized carbons (Fsp3) is 0.962. The lowest BCUT2D eigenvalue weighted by Crippen LogP contribution is -2.54. The molecule has 0 spiro atoms. The lowest BCUT2D eigenvalue weighted by atomic mass is 9.61. The Hall–Kier alpha value is -0.216. The first-order chi connectivity index (χ1) is 15.1. The van der Waals surface area contributed by atoms with Crippen LogP contribution in [-0.4, -0.2) is 54.1 Å². The summed E-state index contributed by atoms with van der Waals surface area (Å²) in [6.07, 6.45) is 5.93. The van der Waals surface area contributed by atoms with E-state index in [-0.39, 0.29) is 34.5 Å². The summed E-state index contributed by atoms with van der Waals surface area (Å²) >= 11 is 0. The molecule has 0 unspecified atom stereocenters. The maximum Gasteiger partial charge on any atom is 0.306 e. The van der Waals surface area contributed by atoms with Crippen LogP contribution in [0.1, 0.15) is 66.2 Å². The molecule has 0 aromatic rings. The minimum Gasteiger partial charge on any atom is -0.459 e. The van der Waals surface area contributed by atoms with E-state index in [2.05, 4.69) is 60.4 Å². The van der Waals surface area contributed by atoms with E-state index < -0.39 is 16.4 Å². The third-order valence-electron chi connectivity index (χ3n) is 8.89. The van der Waals surface area contributed by atoms with Gasteiger partial charge in [0.25, 0.3) is 0 Å². The molecule has 6 atom stereocenters. The van der Waals surface area contributed by atoms with E-state index in [0.29, 0.717) is 25.2 Å². The standard InChI is InChI=1S/C26H50O5Si2/c1-25(2,3)33(8,9)31-21-12-13-26(4)17-20(21)11-10-19-16-22(27)30-23(19)24(26)29-18-28-14-15-32(5,6)7/h19-21,23-24H,10-18H2,1-9H3/t19-,20+,21+,23+,24-,26+/m0/s1. The van der Waals surface area contributed by atoms with Crippen molar-refractivity contribution in [2.24, 2.45) is 17.3 Å². The van der Waals surface area contributed by atoms with Crippen molar-refractivity contribution >= 4 is 22.4 Å². The average Bonchev–Trinajstić information content (AvgIpc) is 3.01. The van der Waals surface area contributed by atoms with Gasteiger partial charge in [-0.1, -0.05) is 47.3 Å². The second-order valence-corrected chi connectivity index (χ2v) is 24.4. The van der Waals surface area contributed by atoms with Gasteiger partial charge in [0.1, 0.15) is 19.0 Å². The molecule has 1 saturated heterocycles. The first-order valence-corrected chi connectivity index (χ1v) is 19.8. The van der Waals surface area contributed by atoms with E-state index in [0.717, 1.165) is 44.8 Å². The quantitative estimate of drug-likeness (QED) is 0.163. The summed E-state index contributed by atoms with van der Waals surface area (Å²) in [5.41, 5.74) is -0.0198. The normalized spacial score (nSPS) is 35.5. The molecule has 5 nitrogen and oxygen atoms in total. The molecule has 7 heteroatoms. The topological polar surface area (TPSA) is 54.0 Å². The van der Waals surface area contributed by atoms with Crippen molar-refractivity contribution in [3.8, 4) is 0 Å². The van der Waals surface area contributed by atoms with Gasteiger partial charge in [0.2, 0.25) is 0 Å². The van der Waals surface area contributed by atoms with Gasteiger partial charge >= 0.3 is 5.97 Å². The molecule has 2 bridgehead atoms. The highest BCUT2D eigenvalue weighted by atomic mass is 28.4. The monoisotopic (exact) mass is 498 g/mol. The second kappa shape index (κ2) is 10.0. The lowest BCUT2D eigenvalue weighted by molar-refractivity contribution is -0.196. The van der Waals surface area contributed by atoms with Crippen LogP contribution in [0.5, 0.6) is 0 Å². The molecule has 2 saturated carbocycles. The van der Waals surface area contributed by atoms with Crippen molar-refractivity contribution in [1.29, 1.82) is 0 Å². The number of hydrogen-bond donors (Lipinski definition) is 0. The van der Waals surface area contributed by atoms with Crippen LogP contribution in [0.3, 0.4) is 0 Å². The minimum absolute atomic E-state index is 0.0198. The van der Waals surface area contributed by atoms with Crippen LogP contribution in [0.2, 0.25) is 43.8 Å². The van der Waals surface area contributed by atoms with E-state index >= 15 is 0 Å². The van der Waals surface area contributed by atoms with Gasteiger partial charge in [-0.05, 0) is 67.6 Å². The van der Waals surface area contributed by atoms with Crippen LogP contribution in [0.25, 0.3) is 0 Å². The van der Waals surface area contributed by atoms with E-state index in [9.17, 15) is 4.79 Å². The van der Waals surface area contributed by atoms with E-state index in [1.54, 1.807) is 0 Å². The zero-order chi connectivity index (χ0) is 24.7. The van der Waals surface area contributed by atoms with Crippen LogP contribution < -0.4 is 0 Å².